The number of nitrogens with zero attached hydrogens (tertiary/aromatic N) is 1. The molecule has 3 heteroatoms. The molecule has 54 valence electrons. The molecular weight excluding hydrogens is 146 g/mol. The van der Waals surface area contributed by atoms with E-state index >= 15 is 0 Å². The molecule has 0 N–H and O–H groups in total. The lowest BCUT2D eigenvalue weighted by Gasteiger charge is -1.98. The van der Waals surface area contributed by atoms with Crippen LogP contribution in [0.15, 0.2) is 17.1 Å². The molecule has 0 bridgehead atoms. The summed E-state index contributed by atoms with van der Waals surface area (Å²) in [5.74, 6) is 0. The van der Waals surface area contributed by atoms with Gasteiger partial charge in [0.05, 0.1) is 0 Å². The molecule has 0 amide bonds. The van der Waals surface area contributed by atoms with E-state index < -0.39 is 0 Å². The molecule has 1 heterocycles. The van der Waals surface area contributed by atoms with Gasteiger partial charge in [0.1, 0.15) is 0 Å². The highest BCUT2D eigenvalue weighted by Crippen LogP contribution is 1.97. The second kappa shape index (κ2) is 2.50. The van der Waals surface area contributed by atoms with Crippen molar-refractivity contribution in [3.05, 3.63) is 33.7 Å². The zero-order valence-electron chi connectivity index (χ0n) is 5.96. The minimum absolute atomic E-state index is 0.0473. The lowest BCUT2D eigenvalue weighted by atomic mass is 10.2. The van der Waals surface area contributed by atoms with Crippen LogP contribution in [0.5, 0.6) is 0 Å². The number of hydrogen-bond donors (Lipinski definition) is 1. The zero-order chi connectivity index (χ0) is 7.72. The van der Waals surface area contributed by atoms with Gasteiger partial charge in [0.15, 0.2) is 0 Å². The van der Waals surface area contributed by atoms with Gasteiger partial charge in [0.2, 0.25) is 0 Å². The van der Waals surface area contributed by atoms with E-state index in [-0.39, 0.29) is 5.56 Å². The number of aromatic nitrogens is 1. The van der Waals surface area contributed by atoms with Gasteiger partial charge in [-0.3, -0.25) is 8.77 Å². The molecule has 0 aliphatic carbocycles. The molecule has 1 aromatic heterocycles. The van der Waals surface area contributed by atoms with Crippen LogP contribution >= 0.6 is 12.8 Å². The zero-order valence-corrected chi connectivity index (χ0v) is 6.85. The van der Waals surface area contributed by atoms with E-state index in [1.54, 1.807) is 13.1 Å². The van der Waals surface area contributed by atoms with Crippen LogP contribution in [0.1, 0.15) is 11.1 Å². The van der Waals surface area contributed by atoms with Crippen molar-refractivity contribution in [2.45, 2.75) is 13.8 Å². The normalized spacial score (nSPS) is 9.90. The first kappa shape index (κ1) is 7.41. The Morgan fingerprint density at radius 2 is 2.10 bits per heavy atom. The van der Waals surface area contributed by atoms with E-state index in [0.29, 0.717) is 0 Å². The van der Waals surface area contributed by atoms with Crippen LogP contribution in [0.2, 0.25) is 0 Å². The van der Waals surface area contributed by atoms with Gasteiger partial charge in [-0.05, 0) is 25.5 Å². The third kappa shape index (κ3) is 1.24. The first-order valence-electron chi connectivity index (χ1n) is 3.00. The Labute approximate surface area is 65.0 Å². The summed E-state index contributed by atoms with van der Waals surface area (Å²) in [6.45, 7) is 3.71. The Hall–Kier alpha value is -0.700. The number of hydrogen-bond acceptors (Lipinski definition) is 2. The van der Waals surface area contributed by atoms with Crippen LogP contribution in [-0.2, 0) is 0 Å². The van der Waals surface area contributed by atoms with Crippen molar-refractivity contribution in [1.29, 1.82) is 0 Å². The van der Waals surface area contributed by atoms with Crippen LogP contribution in [0, 0.1) is 13.8 Å². The van der Waals surface area contributed by atoms with Gasteiger partial charge in [0, 0.05) is 11.8 Å². The molecule has 2 nitrogen and oxygen atoms in total. The molecule has 0 aliphatic rings. The van der Waals surface area contributed by atoms with Crippen LogP contribution in [0.4, 0.5) is 0 Å². The predicted octanol–water partition coefficient (Wildman–Crippen LogP) is 1.16. The van der Waals surface area contributed by atoms with Gasteiger partial charge < -0.3 is 0 Å². The third-order valence-electron chi connectivity index (χ3n) is 1.32. The fourth-order valence-electron chi connectivity index (χ4n) is 0.873. The average molecular weight is 155 g/mol. The highest BCUT2D eigenvalue weighted by Gasteiger charge is 1.95. The summed E-state index contributed by atoms with van der Waals surface area (Å²) in [5, 5.41) is 0. The van der Waals surface area contributed by atoms with Gasteiger partial charge in [-0.25, -0.2) is 0 Å². The molecule has 0 aromatic carbocycles. The van der Waals surface area contributed by atoms with Crippen LogP contribution in [-0.4, -0.2) is 3.97 Å². The lowest BCUT2D eigenvalue weighted by molar-refractivity contribution is 1.09. The molecule has 1 rings (SSSR count). The van der Waals surface area contributed by atoms with E-state index in [4.69, 9.17) is 0 Å². The van der Waals surface area contributed by atoms with Crippen LogP contribution in [0.25, 0.3) is 0 Å². The maximum atomic E-state index is 11.0. The van der Waals surface area contributed by atoms with Crippen molar-refractivity contribution in [2.24, 2.45) is 0 Å². The molecule has 0 saturated heterocycles. The first-order chi connectivity index (χ1) is 4.61. The maximum Gasteiger partial charge on any atom is 0.263 e. The molecule has 0 atom stereocenters. The number of thiol groups is 1. The molecule has 0 aliphatic heterocycles. The van der Waals surface area contributed by atoms with Crippen molar-refractivity contribution in [1.82, 2.24) is 3.97 Å². The van der Waals surface area contributed by atoms with Gasteiger partial charge in [-0.15, -0.1) is 0 Å². The first-order valence-corrected chi connectivity index (χ1v) is 3.40. The molecule has 0 fully saturated rings. The van der Waals surface area contributed by atoms with Crippen molar-refractivity contribution in [2.75, 3.05) is 0 Å². The Morgan fingerprint density at radius 1 is 1.50 bits per heavy atom. The van der Waals surface area contributed by atoms with Crippen LogP contribution < -0.4 is 5.56 Å². The second-order valence-electron chi connectivity index (χ2n) is 2.35. The Balaban J connectivity index is 3.46. The highest BCUT2D eigenvalue weighted by molar-refractivity contribution is 7.78. The Bertz CT molecular complexity index is 277. The second-order valence-corrected chi connectivity index (χ2v) is 2.78. The van der Waals surface area contributed by atoms with Crippen LogP contribution in [0.3, 0.4) is 0 Å². The Morgan fingerprint density at radius 3 is 2.60 bits per heavy atom. The van der Waals surface area contributed by atoms with Gasteiger partial charge in [0.25, 0.3) is 5.56 Å². The summed E-state index contributed by atoms with van der Waals surface area (Å²) in [6.07, 6.45) is 1.69. The molecule has 1 aromatic rings. The van der Waals surface area contributed by atoms with E-state index in [1.807, 2.05) is 13.0 Å². The molecule has 0 radical (unpaired) electrons. The lowest BCUT2D eigenvalue weighted by Crippen LogP contribution is -2.14. The molecule has 0 spiro atoms. The average Bonchev–Trinajstić information content (AvgIpc) is 1.82. The monoisotopic (exact) mass is 155 g/mol. The maximum absolute atomic E-state index is 11.0. The van der Waals surface area contributed by atoms with Gasteiger partial charge in [-0.2, -0.15) is 0 Å². The highest BCUT2D eigenvalue weighted by atomic mass is 32.1. The SMILES string of the molecule is Cc1cc(C)c(=O)n(S)c1. The van der Waals surface area contributed by atoms with Crippen molar-refractivity contribution < 1.29 is 0 Å². The summed E-state index contributed by atoms with van der Waals surface area (Å²) in [5.41, 5.74) is 1.73. The third-order valence-corrected chi connectivity index (χ3v) is 1.61. The van der Waals surface area contributed by atoms with Gasteiger partial charge >= 0.3 is 0 Å². The van der Waals surface area contributed by atoms with Crippen molar-refractivity contribution >= 4 is 12.8 Å². The predicted molar refractivity (Wildman–Crippen MR) is 44.6 cm³/mol. The summed E-state index contributed by atoms with van der Waals surface area (Å²) in [7, 11) is 0. The number of rotatable bonds is 0. The fourth-order valence-corrected chi connectivity index (χ4v) is 1.21. The minimum atomic E-state index is -0.0473. The molecular formula is C7H9NOS. The smallest absolute Gasteiger partial charge is 0.263 e. The molecule has 0 saturated carbocycles. The summed E-state index contributed by atoms with van der Waals surface area (Å²) < 4.78 is 1.30. The van der Waals surface area contributed by atoms with Gasteiger partial charge in [-0.1, -0.05) is 12.8 Å². The quantitative estimate of drug-likeness (QED) is 0.558. The number of aryl methyl sites for hydroxylation is 2. The van der Waals surface area contributed by atoms with E-state index in [1.165, 1.54) is 3.97 Å². The standard InChI is InChI=1S/C7H9NOS/c1-5-3-6(2)7(9)8(10)4-5/h3-4,10H,1-2H3. The van der Waals surface area contributed by atoms with Crippen molar-refractivity contribution in [3.63, 3.8) is 0 Å². The van der Waals surface area contributed by atoms with Crippen molar-refractivity contribution in [3.8, 4) is 0 Å². The summed E-state index contributed by atoms with van der Waals surface area (Å²) in [4.78, 5) is 11.0. The molecule has 10 heavy (non-hydrogen) atoms. The van der Waals surface area contributed by atoms with E-state index in [9.17, 15) is 4.79 Å². The molecule has 0 unspecified atom stereocenters. The van der Waals surface area contributed by atoms with E-state index in [2.05, 4.69) is 12.8 Å². The Kier molecular flexibility index (Phi) is 1.85. The fraction of sp³-hybridized carbons (Fsp3) is 0.286. The van der Waals surface area contributed by atoms with E-state index in [0.717, 1.165) is 11.1 Å². The summed E-state index contributed by atoms with van der Waals surface area (Å²) >= 11 is 3.94. The summed E-state index contributed by atoms with van der Waals surface area (Å²) in [6, 6.07) is 1.84. The minimum Gasteiger partial charge on any atom is -0.268 e. The number of pyridine rings is 1. The topological polar surface area (TPSA) is 22.0 Å². The largest absolute Gasteiger partial charge is 0.268 e.